The van der Waals surface area contributed by atoms with Gasteiger partial charge in [-0.1, -0.05) is 0 Å². The van der Waals surface area contributed by atoms with Gasteiger partial charge in [0.25, 0.3) is 10.4 Å². The molecule has 0 unspecified atom stereocenters. The van der Waals surface area contributed by atoms with E-state index in [-0.39, 0.29) is 62.5 Å². The fraction of sp³-hybridized carbons (Fsp3) is 0. The number of rotatable bonds is 3. The van der Waals surface area contributed by atoms with Crippen molar-refractivity contribution in [2.75, 3.05) is 0 Å². The summed E-state index contributed by atoms with van der Waals surface area (Å²) in [6, 6.07) is 3.29. The molecule has 0 aliphatic heterocycles. The molecule has 0 saturated carbocycles. The molecule has 0 fully saturated rings. The van der Waals surface area contributed by atoms with Gasteiger partial charge in [-0.15, -0.1) is 0 Å². The first kappa shape index (κ1) is 22.3. The van der Waals surface area contributed by atoms with Crippen molar-refractivity contribution >= 4 is 21.4 Å². The second-order valence-electron chi connectivity index (χ2n) is 5.28. The minimum atomic E-state index is -5.32. The van der Waals surface area contributed by atoms with Crippen LogP contribution in [0.3, 0.4) is 0 Å². The van der Waals surface area contributed by atoms with Crippen LogP contribution in [-0.4, -0.2) is 38.5 Å². The molecule has 0 aliphatic carbocycles. The average Bonchev–Trinajstić information content (AvgIpc) is 2.53. The molecule has 0 bridgehead atoms. The van der Waals surface area contributed by atoms with E-state index in [0.717, 1.165) is 18.2 Å². The SMILES string of the molecule is O=c1c(O)c(-c2cc(O)c(O)c(OS(=O)(=O)[O-])c2)oc2cc(O)cc(O)c12.[K+]. The summed E-state index contributed by atoms with van der Waals surface area (Å²) < 4.78 is 41.5. The molecule has 11 nitrogen and oxygen atoms in total. The van der Waals surface area contributed by atoms with Crippen molar-refractivity contribution in [2.24, 2.45) is 0 Å². The molecule has 0 aliphatic rings. The van der Waals surface area contributed by atoms with Gasteiger partial charge in [0, 0.05) is 17.7 Å². The molecule has 3 rings (SSSR count). The topological polar surface area (TPSA) is 198 Å². The van der Waals surface area contributed by atoms with Crippen molar-refractivity contribution < 1.29 is 98.5 Å². The summed E-state index contributed by atoms with van der Waals surface area (Å²) in [5.41, 5.74) is -1.81. The molecular formula is C15H9KO11S. The standard InChI is InChI=1S/C15H10O11S.K/c16-6-3-7(17)11-9(4-6)25-15(14(21)13(11)20)5-1-8(18)12(19)10(2-5)26-27(22,23)24;/h1-4,16-19,21H,(H,22,23,24);/q;+1/p-1. The maximum Gasteiger partial charge on any atom is 1.00 e. The number of hydrogen-bond acceptors (Lipinski definition) is 11. The van der Waals surface area contributed by atoms with Crippen LogP contribution in [0.5, 0.6) is 34.5 Å². The van der Waals surface area contributed by atoms with Crippen molar-refractivity contribution in [3.63, 3.8) is 0 Å². The van der Waals surface area contributed by atoms with Gasteiger partial charge < -0.3 is 38.7 Å². The third kappa shape index (κ3) is 4.20. The molecule has 0 radical (unpaired) electrons. The summed E-state index contributed by atoms with van der Waals surface area (Å²) >= 11 is 0. The minimum absolute atomic E-state index is 0. The first-order valence-electron chi connectivity index (χ1n) is 6.91. The van der Waals surface area contributed by atoms with Crippen LogP contribution in [0.1, 0.15) is 0 Å². The van der Waals surface area contributed by atoms with Crippen molar-refractivity contribution in [1.82, 2.24) is 0 Å². The number of fused-ring (bicyclic) bond motifs is 1. The summed E-state index contributed by atoms with van der Waals surface area (Å²) in [7, 11) is -5.32. The number of hydrogen-bond donors (Lipinski definition) is 5. The van der Waals surface area contributed by atoms with Crippen LogP contribution in [0.2, 0.25) is 0 Å². The van der Waals surface area contributed by atoms with Crippen molar-refractivity contribution in [1.29, 1.82) is 0 Å². The van der Waals surface area contributed by atoms with Gasteiger partial charge in [0.05, 0.1) is 0 Å². The Labute approximate surface area is 198 Å². The Kier molecular flexibility index (Phi) is 6.20. The Hall–Kier alpha value is -2.00. The molecule has 28 heavy (non-hydrogen) atoms. The van der Waals surface area contributed by atoms with Gasteiger partial charge >= 0.3 is 51.4 Å². The molecule has 3 aromatic rings. The molecular weight excluding hydrogens is 427 g/mol. The van der Waals surface area contributed by atoms with Gasteiger partial charge in [0.2, 0.25) is 16.9 Å². The number of benzene rings is 2. The van der Waals surface area contributed by atoms with Crippen LogP contribution >= 0.6 is 0 Å². The van der Waals surface area contributed by atoms with Gasteiger partial charge in [0.1, 0.15) is 22.5 Å². The van der Waals surface area contributed by atoms with Gasteiger partial charge in [-0.25, -0.2) is 8.42 Å². The minimum Gasteiger partial charge on any atom is -0.716 e. The summed E-state index contributed by atoms with van der Waals surface area (Å²) in [4.78, 5) is 12.3. The second kappa shape index (κ2) is 7.79. The number of phenols is 4. The summed E-state index contributed by atoms with van der Waals surface area (Å²) in [5.74, 6) is -5.82. The van der Waals surface area contributed by atoms with E-state index in [1.807, 2.05) is 0 Å². The van der Waals surface area contributed by atoms with Crippen molar-refractivity contribution in [2.45, 2.75) is 0 Å². The Bertz CT molecular complexity index is 1250. The summed E-state index contributed by atoms with van der Waals surface area (Å²) in [6.07, 6.45) is 0. The average molecular weight is 436 g/mol. The fourth-order valence-corrected chi connectivity index (χ4v) is 2.72. The number of phenolic OH excluding ortho intramolecular Hbond substituents is 4. The second-order valence-corrected chi connectivity index (χ2v) is 6.26. The zero-order valence-corrected chi connectivity index (χ0v) is 17.8. The van der Waals surface area contributed by atoms with E-state index < -0.39 is 61.5 Å². The molecule has 0 spiro atoms. The van der Waals surface area contributed by atoms with Crippen LogP contribution in [-0.2, 0) is 10.4 Å². The third-order valence-electron chi connectivity index (χ3n) is 3.44. The van der Waals surface area contributed by atoms with E-state index in [9.17, 15) is 43.3 Å². The van der Waals surface area contributed by atoms with Crippen LogP contribution in [0.4, 0.5) is 0 Å². The molecule has 1 aromatic heterocycles. The van der Waals surface area contributed by atoms with Gasteiger partial charge in [-0.05, 0) is 12.1 Å². The fourth-order valence-electron chi connectivity index (χ4n) is 2.37. The van der Waals surface area contributed by atoms with Crippen molar-refractivity contribution in [3.05, 3.63) is 34.5 Å². The smallest absolute Gasteiger partial charge is 0.716 e. The maximum atomic E-state index is 12.3. The van der Waals surface area contributed by atoms with Crippen LogP contribution in [0.25, 0.3) is 22.3 Å². The molecule has 2 aromatic carbocycles. The first-order chi connectivity index (χ1) is 12.5. The third-order valence-corrected chi connectivity index (χ3v) is 3.83. The monoisotopic (exact) mass is 436 g/mol. The predicted octanol–water partition coefficient (Wildman–Crippen LogP) is -2.17. The Balaban J connectivity index is 0.00000280. The molecule has 0 atom stereocenters. The van der Waals surface area contributed by atoms with Crippen LogP contribution in [0, 0.1) is 0 Å². The molecule has 5 N–H and O–H groups in total. The molecule has 0 saturated heterocycles. The van der Waals surface area contributed by atoms with E-state index in [1.54, 1.807) is 0 Å². The Morgan fingerprint density at radius 2 is 1.57 bits per heavy atom. The summed E-state index contributed by atoms with van der Waals surface area (Å²) in [6.45, 7) is 0. The van der Waals surface area contributed by atoms with Gasteiger partial charge in [-0.2, -0.15) is 0 Å². The Morgan fingerprint density at radius 1 is 0.929 bits per heavy atom. The van der Waals surface area contributed by atoms with E-state index >= 15 is 0 Å². The largest absolute Gasteiger partial charge is 1.00 e. The normalized spacial score (nSPS) is 11.2. The molecule has 142 valence electrons. The first-order valence-corrected chi connectivity index (χ1v) is 8.24. The predicted molar refractivity (Wildman–Crippen MR) is 86.6 cm³/mol. The zero-order valence-electron chi connectivity index (χ0n) is 13.9. The zero-order chi connectivity index (χ0) is 20.1. The van der Waals surface area contributed by atoms with E-state index in [2.05, 4.69) is 4.18 Å². The Morgan fingerprint density at radius 3 is 2.18 bits per heavy atom. The molecule has 13 heteroatoms. The maximum absolute atomic E-state index is 12.3. The van der Waals surface area contributed by atoms with Crippen LogP contribution < -0.4 is 61.0 Å². The van der Waals surface area contributed by atoms with E-state index in [0.29, 0.717) is 6.07 Å². The molecule has 1 heterocycles. The van der Waals surface area contributed by atoms with Gasteiger partial charge in [-0.3, -0.25) is 4.79 Å². The molecule has 0 amide bonds. The summed E-state index contributed by atoms with van der Waals surface area (Å²) in [5, 5.41) is 48.2. The van der Waals surface area contributed by atoms with E-state index in [4.69, 9.17) is 4.42 Å². The van der Waals surface area contributed by atoms with Crippen LogP contribution in [0.15, 0.2) is 33.5 Å². The van der Waals surface area contributed by atoms with E-state index in [1.165, 1.54) is 0 Å². The number of aromatic hydroxyl groups is 5. The van der Waals surface area contributed by atoms with Crippen molar-refractivity contribution in [3.8, 4) is 45.8 Å². The van der Waals surface area contributed by atoms with Gasteiger partial charge in [0.15, 0.2) is 17.3 Å². The quantitative estimate of drug-likeness (QED) is 0.130.